The number of ketones is 1. The van der Waals surface area contributed by atoms with E-state index in [1.807, 2.05) is 0 Å². The topological polar surface area (TPSA) is 43.4 Å². The highest BCUT2D eigenvalue weighted by Gasteiger charge is 2.54. The van der Waals surface area contributed by atoms with Crippen LogP contribution in [0.5, 0.6) is 0 Å². The van der Waals surface area contributed by atoms with Gasteiger partial charge >= 0.3 is 5.97 Å². The Labute approximate surface area is 143 Å². The summed E-state index contributed by atoms with van der Waals surface area (Å²) in [6.45, 7) is 5.95. The second kappa shape index (κ2) is 5.18. The first kappa shape index (κ1) is 15.9. The van der Waals surface area contributed by atoms with Crippen molar-refractivity contribution < 1.29 is 14.3 Å². The minimum Gasteiger partial charge on any atom is -0.458 e. The zero-order valence-electron chi connectivity index (χ0n) is 14.8. The van der Waals surface area contributed by atoms with Crippen LogP contribution in [0, 0.1) is 22.7 Å². The van der Waals surface area contributed by atoms with Gasteiger partial charge in [0, 0.05) is 30.6 Å². The fourth-order valence-electron chi connectivity index (χ4n) is 5.68. The smallest absolute Gasteiger partial charge is 0.303 e. The van der Waals surface area contributed by atoms with E-state index in [-0.39, 0.29) is 22.9 Å². The molecule has 0 spiro atoms. The second-order valence-corrected chi connectivity index (χ2v) is 8.33. The predicted molar refractivity (Wildman–Crippen MR) is 92.1 cm³/mol. The van der Waals surface area contributed by atoms with Crippen LogP contribution in [-0.2, 0) is 14.3 Å². The summed E-state index contributed by atoms with van der Waals surface area (Å²) >= 11 is 0. The van der Waals surface area contributed by atoms with Crippen LogP contribution in [0.15, 0.2) is 35.5 Å². The Morgan fingerprint density at radius 1 is 1.29 bits per heavy atom. The number of hydrogen-bond acceptors (Lipinski definition) is 3. The molecule has 0 amide bonds. The van der Waals surface area contributed by atoms with E-state index in [0.29, 0.717) is 24.0 Å². The minimum atomic E-state index is -0.217. The quantitative estimate of drug-likeness (QED) is 0.537. The van der Waals surface area contributed by atoms with Gasteiger partial charge in [0.1, 0.15) is 11.9 Å². The zero-order chi connectivity index (χ0) is 17.1. The van der Waals surface area contributed by atoms with Crippen molar-refractivity contribution in [1.29, 1.82) is 0 Å². The monoisotopic (exact) mass is 326 g/mol. The third-order valence-corrected chi connectivity index (χ3v) is 7.08. The molecular formula is C21H26O3. The van der Waals surface area contributed by atoms with Gasteiger partial charge in [-0.3, -0.25) is 9.59 Å². The van der Waals surface area contributed by atoms with Gasteiger partial charge in [-0.05, 0) is 44.1 Å². The summed E-state index contributed by atoms with van der Waals surface area (Å²) in [5.74, 6) is 1.23. The molecule has 24 heavy (non-hydrogen) atoms. The average molecular weight is 326 g/mol. The zero-order valence-corrected chi connectivity index (χ0v) is 14.8. The molecule has 1 fully saturated rings. The van der Waals surface area contributed by atoms with Gasteiger partial charge in [-0.25, -0.2) is 0 Å². The van der Waals surface area contributed by atoms with Crippen molar-refractivity contribution in [3.8, 4) is 0 Å². The third-order valence-electron chi connectivity index (χ3n) is 7.08. The molecule has 4 rings (SSSR count). The van der Waals surface area contributed by atoms with Crippen molar-refractivity contribution in [3.63, 3.8) is 0 Å². The van der Waals surface area contributed by atoms with Crippen LogP contribution in [0.4, 0.5) is 0 Å². The Morgan fingerprint density at radius 2 is 2.08 bits per heavy atom. The van der Waals surface area contributed by atoms with E-state index < -0.39 is 0 Å². The van der Waals surface area contributed by atoms with Crippen molar-refractivity contribution in [2.45, 2.75) is 59.0 Å². The first-order valence-corrected chi connectivity index (χ1v) is 9.14. The highest BCUT2D eigenvalue weighted by atomic mass is 16.5. The molecule has 0 radical (unpaired) electrons. The molecule has 128 valence electrons. The SMILES string of the molecule is CC(=O)OC1C=C[C@@]2(C)C(=CCC3C4=CCC(=O)[C@@]4(C)CCC32)C1. The molecule has 0 aromatic rings. The number of allylic oxidation sites excluding steroid dienone is 4. The first-order chi connectivity index (χ1) is 11.3. The van der Waals surface area contributed by atoms with Crippen LogP contribution < -0.4 is 0 Å². The van der Waals surface area contributed by atoms with Crippen LogP contribution in [0.1, 0.15) is 52.9 Å². The fourth-order valence-corrected chi connectivity index (χ4v) is 5.68. The molecule has 0 saturated heterocycles. The molecule has 0 aromatic carbocycles. The van der Waals surface area contributed by atoms with Crippen molar-refractivity contribution in [3.05, 3.63) is 35.5 Å². The number of ether oxygens (including phenoxy) is 1. The van der Waals surface area contributed by atoms with Gasteiger partial charge < -0.3 is 4.74 Å². The molecule has 3 heteroatoms. The molecule has 0 aromatic heterocycles. The maximum Gasteiger partial charge on any atom is 0.303 e. The molecular weight excluding hydrogens is 300 g/mol. The van der Waals surface area contributed by atoms with Gasteiger partial charge in [0.2, 0.25) is 0 Å². The predicted octanol–water partition coefficient (Wildman–Crippen LogP) is 4.15. The van der Waals surface area contributed by atoms with Gasteiger partial charge in [0.25, 0.3) is 0 Å². The van der Waals surface area contributed by atoms with Crippen molar-refractivity contribution in [2.75, 3.05) is 0 Å². The van der Waals surface area contributed by atoms with E-state index in [1.165, 1.54) is 18.1 Å². The first-order valence-electron chi connectivity index (χ1n) is 9.14. The number of fused-ring (bicyclic) bond motifs is 5. The Balaban J connectivity index is 1.66. The van der Waals surface area contributed by atoms with Gasteiger partial charge in [-0.15, -0.1) is 0 Å². The third kappa shape index (κ3) is 2.09. The molecule has 4 aliphatic rings. The van der Waals surface area contributed by atoms with Crippen molar-refractivity contribution in [2.24, 2.45) is 22.7 Å². The maximum absolute atomic E-state index is 12.4. The molecule has 1 saturated carbocycles. The van der Waals surface area contributed by atoms with Gasteiger partial charge in [-0.1, -0.05) is 36.3 Å². The summed E-state index contributed by atoms with van der Waals surface area (Å²) in [7, 11) is 0. The molecule has 5 atom stereocenters. The van der Waals surface area contributed by atoms with E-state index >= 15 is 0 Å². The Hall–Kier alpha value is -1.64. The molecule has 0 bridgehead atoms. The minimum absolute atomic E-state index is 0.0351. The summed E-state index contributed by atoms with van der Waals surface area (Å²) in [4.78, 5) is 23.6. The number of esters is 1. The molecule has 4 aliphatic carbocycles. The van der Waals surface area contributed by atoms with E-state index in [4.69, 9.17) is 4.74 Å². The maximum atomic E-state index is 12.4. The van der Waals surface area contributed by atoms with Gasteiger partial charge in [0.15, 0.2) is 0 Å². The largest absolute Gasteiger partial charge is 0.458 e. The van der Waals surface area contributed by atoms with E-state index in [1.54, 1.807) is 0 Å². The molecule has 0 aliphatic heterocycles. The van der Waals surface area contributed by atoms with Crippen molar-refractivity contribution in [1.82, 2.24) is 0 Å². The van der Waals surface area contributed by atoms with E-state index in [0.717, 1.165) is 25.7 Å². The van der Waals surface area contributed by atoms with Crippen LogP contribution in [0.3, 0.4) is 0 Å². The number of Topliss-reactive ketones (excluding diaryl/α,β-unsaturated/α-hetero) is 1. The lowest BCUT2D eigenvalue weighted by Gasteiger charge is -2.53. The van der Waals surface area contributed by atoms with Gasteiger partial charge in [-0.2, -0.15) is 0 Å². The van der Waals surface area contributed by atoms with E-state index in [2.05, 4.69) is 38.2 Å². The molecule has 3 nitrogen and oxygen atoms in total. The Bertz CT molecular complexity index is 698. The lowest BCUT2D eigenvalue weighted by atomic mass is 9.51. The molecule has 3 unspecified atom stereocenters. The van der Waals surface area contributed by atoms with E-state index in [9.17, 15) is 9.59 Å². The second-order valence-electron chi connectivity index (χ2n) is 8.33. The number of carbonyl (C=O) groups is 2. The summed E-state index contributed by atoms with van der Waals surface area (Å²) in [6.07, 6.45) is 13.3. The van der Waals surface area contributed by atoms with Crippen molar-refractivity contribution >= 4 is 11.8 Å². The Kier molecular flexibility index (Phi) is 3.42. The number of hydrogen-bond donors (Lipinski definition) is 0. The lowest BCUT2D eigenvalue weighted by Crippen LogP contribution is -2.46. The van der Waals surface area contributed by atoms with Crippen LogP contribution in [-0.4, -0.2) is 17.9 Å². The Morgan fingerprint density at radius 3 is 2.83 bits per heavy atom. The van der Waals surface area contributed by atoms with Gasteiger partial charge in [0.05, 0.1) is 0 Å². The van der Waals surface area contributed by atoms with Crippen LogP contribution in [0.25, 0.3) is 0 Å². The lowest BCUT2D eigenvalue weighted by molar-refractivity contribution is -0.144. The average Bonchev–Trinajstić information content (AvgIpc) is 2.83. The van der Waals surface area contributed by atoms with Crippen LogP contribution in [0.2, 0.25) is 0 Å². The normalized spacial score (nSPS) is 43.3. The number of rotatable bonds is 1. The fraction of sp³-hybridized carbons (Fsp3) is 0.619. The summed E-state index contributed by atoms with van der Waals surface area (Å²) in [5, 5.41) is 0. The summed E-state index contributed by atoms with van der Waals surface area (Å²) < 4.78 is 5.40. The highest BCUT2D eigenvalue weighted by Crippen LogP contribution is 2.61. The van der Waals surface area contributed by atoms with Crippen LogP contribution >= 0.6 is 0 Å². The molecule has 0 N–H and O–H groups in total. The molecule has 0 heterocycles. The number of carbonyl (C=O) groups excluding carboxylic acids is 2. The standard InChI is InChI=1S/C21H26O3/c1-13(22)24-15-8-10-20(2)14(12-15)4-5-16-17-6-7-19(23)21(17,3)11-9-18(16)20/h4,6,8,10,15-16,18H,5,7,9,11-12H2,1-3H3/t15?,16?,18?,20-,21-/m0/s1. The summed E-state index contributed by atoms with van der Waals surface area (Å²) in [5.41, 5.74) is 2.64. The summed E-state index contributed by atoms with van der Waals surface area (Å²) in [6, 6.07) is 0. The highest BCUT2D eigenvalue weighted by molar-refractivity contribution is 5.92.